The van der Waals surface area contributed by atoms with Crippen LogP contribution in [0.25, 0.3) is 0 Å². The van der Waals surface area contributed by atoms with Crippen LogP contribution in [0.5, 0.6) is 17.2 Å². The molecule has 0 saturated carbocycles. The zero-order chi connectivity index (χ0) is 18.5. The van der Waals surface area contributed by atoms with Gasteiger partial charge in [-0.1, -0.05) is 15.9 Å². The monoisotopic (exact) mass is 418 g/mol. The van der Waals surface area contributed by atoms with Gasteiger partial charge in [-0.2, -0.15) is 0 Å². The standard InChI is InChI=1S/C19H19BrN2O4/c1-19-10-14(13-8-11(20)4-7-16(13)26-19)21-18(23)22(19)15-6-5-12(24-2)9-17(15)25-3/h4-9,14H,10H2,1-3H3,(H,21,23)/t14-,19+/m0/s1. The number of amides is 2. The number of hydrogen-bond acceptors (Lipinski definition) is 4. The molecule has 2 heterocycles. The zero-order valence-electron chi connectivity index (χ0n) is 14.7. The summed E-state index contributed by atoms with van der Waals surface area (Å²) in [5.74, 6) is 1.97. The first-order valence-electron chi connectivity index (χ1n) is 8.26. The highest BCUT2D eigenvalue weighted by atomic mass is 79.9. The molecule has 0 aromatic heterocycles. The summed E-state index contributed by atoms with van der Waals surface area (Å²) in [6.45, 7) is 1.92. The molecule has 26 heavy (non-hydrogen) atoms. The van der Waals surface area contributed by atoms with Crippen LogP contribution < -0.4 is 24.4 Å². The molecule has 2 aliphatic rings. The van der Waals surface area contributed by atoms with Crippen LogP contribution in [0.3, 0.4) is 0 Å². The van der Waals surface area contributed by atoms with Crippen molar-refractivity contribution < 1.29 is 19.0 Å². The number of urea groups is 1. The van der Waals surface area contributed by atoms with Gasteiger partial charge in [0.2, 0.25) is 0 Å². The molecule has 0 radical (unpaired) electrons. The van der Waals surface area contributed by atoms with Gasteiger partial charge in [-0.25, -0.2) is 4.79 Å². The lowest BCUT2D eigenvalue weighted by atomic mass is 9.90. The summed E-state index contributed by atoms with van der Waals surface area (Å²) >= 11 is 3.48. The topological polar surface area (TPSA) is 60.0 Å². The molecular formula is C19H19BrN2O4. The number of nitrogens with one attached hydrogen (secondary N) is 1. The van der Waals surface area contributed by atoms with Gasteiger partial charge in [-0.3, -0.25) is 4.90 Å². The molecule has 0 aliphatic carbocycles. The van der Waals surface area contributed by atoms with Crippen molar-refractivity contribution in [1.82, 2.24) is 5.32 Å². The quantitative estimate of drug-likeness (QED) is 0.809. The van der Waals surface area contributed by atoms with Gasteiger partial charge < -0.3 is 19.5 Å². The van der Waals surface area contributed by atoms with Gasteiger partial charge in [0.1, 0.15) is 17.2 Å². The number of nitrogens with zero attached hydrogens (tertiary/aromatic N) is 1. The number of ether oxygens (including phenoxy) is 3. The van der Waals surface area contributed by atoms with Crippen LogP contribution in [0.1, 0.15) is 24.9 Å². The van der Waals surface area contributed by atoms with Crippen molar-refractivity contribution in [2.45, 2.75) is 25.1 Å². The Kier molecular flexibility index (Phi) is 3.99. The third-order valence-corrected chi connectivity index (χ3v) is 5.35. The molecule has 2 aromatic carbocycles. The van der Waals surface area contributed by atoms with E-state index in [4.69, 9.17) is 14.2 Å². The van der Waals surface area contributed by atoms with Gasteiger partial charge in [-0.05, 0) is 37.3 Å². The van der Waals surface area contributed by atoms with E-state index in [9.17, 15) is 4.79 Å². The molecule has 6 nitrogen and oxygen atoms in total. The Morgan fingerprint density at radius 2 is 2.04 bits per heavy atom. The van der Waals surface area contributed by atoms with Gasteiger partial charge in [0.25, 0.3) is 0 Å². The fourth-order valence-electron chi connectivity index (χ4n) is 3.68. The summed E-state index contributed by atoms with van der Waals surface area (Å²) < 4.78 is 18.0. The molecule has 136 valence electrons. The van der Waals surface area contributed by atoms with E-state index in [1.165, 1.54) is 0 Å². The first kappa shape index (κ1) is 17.0. The van der Waals surface area contributed by atoms with Crippen LogP contribution in [0.15, 0.2) is 40.9 Å². The van der Waals surface area contributed by atoms with Crippen molar-refractivity contribution in [3.8, 4) is 17.2 Å². The third kappa shape index (κ3) is 2.58. The summed E-state index contributed by atoms with van der Waals surface area (Å²) in [7, 11) is 3.16. The molecule has 2 aromatic rings. The minimum atomic E-state index is -0.824. The maximum Gasteiger partial charge on any atom is 0.325 e. The van der Waals surface area contributed by atoms with Crippen LogP contribution in [0, 0.1) is 0 Å². The van der Waals surface area contributed by atoms with Crippen molar-refractivity contribution >= 4 is 27.6 Å². The van der Waals surface area contributed by atoms with E-state index < -0.39 is 5.72 Å². The molecule has 0 spiro atoms. The largest absolute Gasteiger partial charge is 0.497 e. The van der Waals surface area contributed by atoms with Crippen LogP contribution in [-0.2, 0) is 0 Å². The number of carbonyl (C=O) groups excluding carboxylic acids is 1. The number of carbonyl (C=O) groups is 1. The maximum absolute atomic E-state index is 13.0. The van der Waals surface area contributed by atoms with Gasteiger partial charge in [0, 0.05) is 22.5 Å². The molecule has 1 saturated heterocycles. The van der Waals surface area contributed by atoms with Crippen molar-refractivity contribution in [3.63, 3.8) is 0 Å². The van der Waals surface area contributed by atoms with Gasteiger partial charge >= 0.3 is 6.03 Å². The first-order valence-corrected chi connectivity index (χ1v) is 9.06. The Morgan fingerprint density at radius 1 is 1.23 bits per heavy atom. The summed E-state index contributed by atoms with van der Waals surface area (Å²) in [5.41, 5.74) is 0.786. The average molecular weight is 419 g/mol. The number of methoxy groups -OCH3 is 2. The Hall–Kier alpha value is -2.41. The smallest absolute Gasteiger partial charge is 0.325 e. The second kappa shape index (κ2) is 6.09. The van der Waals surface area contributed by atoms with Crippen molar-refractivity contribution in [2.24, 2.45) is 0 Å². The summed E-state index contributed by atoms with van der Waals surface area (Å²) in [6.07, 6.45) is 0.622. The fourth-order valence-corrected chi connectivity index (χ4v) is 4.06. The Bertz CT molecular complexity index is 888. The summed E-state index contributed by atoms with van der Waals surface area (Å²) in [6, 6.07) is 10.9. The molecule has 2 aliphatic heterocycles. The minimum absolute atomic E-state index is 0.103. The minimum Gasteiger partial charge on any atom is -0.497 e. The lowest BCUT2D eigenvalue weighted by Gasteiger charge is -2.50. The second-order valence-corrected chi connectivity index (χ2v) is 7.45. The average Bonchev–Trinajstić information content (AvgIpc) is 2.62. The molecule has 2 bridgehead atoms. The van der Waals surface area contributed by atoms with Crippen LogP contribution in [0.4, 0.5) is 10.5 Å². The van der Waals surface area contributed by atoms with E-state index in [0.717, 1.165) is 15.8 Å². The molecular weight excluding hydrogens is 400 g/mol. The Morgan fingerprint density at radius 3 is 2.77 bits per heavy atom. The predicted molar refractivity (Wildman–Crippen MR) is 101 cm³/mol. The normalized spacial score (nSPS) is 23.6. The van der Waals surface area contributed by atoms with E-state index in [-0.39, 0.29) is 12.1 Å². The van der Waals surface area contributed by atoms with E-state index in [0.29, 0.717) is 23.6 Å². The van der Waals surface area contributed by atoms with Crippen LogP contribution >= 0.6 is 15.9 Å². The lowest BCUT2D eigenvalue weighted by Crippen LogP contribution is -2.65. The molecule has 1 fully saturated rings. The molecule has 7 heteroatoms. The number of rotatable bonds is 3. The SMILES string of the molecule is COc1ccc(N2C(=O)N[C@H]3C[C@@]2(C)Oc2ccc(Br)cc23)c(OC)c1. The highest BCUT2D eigenvalue weighted by molar-refractivity contribution is 9.10. The second-order valence-electron chi connectivity index (χ2n) is 6.54. The van der Waals surface area contributed by atoms with Gasteiger partial charge in [-0.15, -0.1) is 0 Å². The van der Waals surface area contributed by atoms with Crippen LogP contribution in [-0.4, -0.2) is 26.0 Å². The highest BCUT2D eigenvalue weighted by Crippen LogP contribution is 2.48. The Balaban J connectivity index is 1.80. The number of anilines is 1. The summed E-state index contributed by atoms with van der Waals surface area (Å²) in [4.78, 5) is 14.6. The molecule has 1 N–H and O–H groups in total. The molecule has 2 amide bonds. The lowest BCUT2D eigenvalue weighted by molar-refractivity contribution is 0.0374. The van der Waals surface area contributed by atoms with Gasteiger partial charge in [0.15, 0.2) is 5.72 Å². The molecule has 0 unspecified atom stereocenters. The highest BCUT2D eigenvalue weighted by Gasteiger charge is 2.50. The van der Waals surface area contributed by atoms with Crippen molar-refractivity contribution in [3.05, 3.63) is 46.4 Å². The fraction of sp³-hybridized carbons (Fsp3) is 0.316. The molecule has 4 rings (SSSR count). The van der Waals surface area contributed by atoms with Gasteiger partial charge in [0.05, 0.1) is 25.9 Å². The van der Waals surface area contributed by atoms with Crippen molar-refractivity contribution in [1.29, 1.82) is 0 Å². The predicted octanol–water partition coefficient (Wildman–Crippen LogP) is 4.24. The van der Waals surface area contributed by atoms with E-state index in [1.54, 1.807) is 31.3 Å². The van der Waals surface area contributed by atoms with E-state index in [1.807, 2.05) is 31.2 Å². The molecule has 2 atom stereocenters. The van der Waals surface area contributed by atoms with E-state index in [2.05, 4.69) is 21.2 Å². The maximum atomic E-state index is 13.0. The van der Waals surface area contributed by atoms with Crippen LogP contribution in [0.2, 0.25) is 0 Å². The zero-order valence-corrected chi connectivity index (χ0v) is 16.3. The Labute approximate surface area is 160 Å². The number of halogens is 1. The van der Waals surface area contributed by atoms with E-state index >= 15 is 0 Å². The first-order chi connectivity index (χ1) is 12.4. The van der Waals surface area contributed by atoms with Crippen molar-refractivity contribution in [2.75, 3.05) is 19.1 Å². The number of hydrogen-bond donors (Lipinski definition) is 1. The number of fused-ring (bicyclic) bond motifs is 4. The third-order valence-electron chi connectivity index (χ3n) is 4.86. The number of benzene rings is 2. The summed E-state index contributed by atoms with van der Waals surface area (Å²) in [5, 5.41) is 3.08.